The average molecular weight is 403 g/mol. The van der Waals surface area contributed by atoms with Crippen molar-refractivity contribution in [2.24, 2.45) is 7.05 Å². The van der Waals surface area contributed by atoms with Crippen LogP contribution in [0.15, 0.2) is 64.2 Å². The zero-order valence-electron chi connectivity index (χ0n) is 16.8. The fourth-order valence-corrected chi connectivity index (χ4v) is 3.37. The van der Waals surface area contributed by atoms with Crippen LogP contribution in [-0.4, -0.2) is 26.7 Å². The van der Waals surface area contributed by atoms with Gasteiger partial charge in [0.25, 0.3) is 5.56 Å². The lowest BCUT2D eigenvalue weighted by molar-refractivity contribution is 0.0500. The van der Waals surface area contributed by atoms with Gasteiger partial charge in [0, 0.05) is 12.7 Å². The lowest BCUT2D eigenvalue weighted by atomic mass is 10.1. The maximum Gasteiger partial charge on any atom is 0.352 e. The molecular formula is C23H21N3O4. The lowest BCUT2D eigenvalue weighted by Gasteiger charge is -2.18. The topological polar surface area (TPSA) is 83.2 Å². The molecule has 4 rings (SSSR count). The minimum Gasteiger partial charge on any atom is -0.462 e. The number of aromatic nitrogens is 3. The third kappa shape index (κ3) is 3.39. The molecule has 30 heavy (non-hydrogen) atoms. The third-order valence-corrected chi connectivity index (χ3v) is 5.05. The number of ether oxygens (including phenoxy) is 1. The number of esters is 1. The highest BCUT2D eigenvalue weighted by Crippen LogP contribution is 2.27. The first-order valence-electron chi connectivity index (χ1n) is 9.80. The number of nitrogens with zero attached hydrogens (tertiary/aromatic N) is 3. The van der Waals surface area contributed by atoms with E-state index in [1.54, 1.807) is 34.9 Å². The normalized spacial score (nSPS) is 11.1. The second kappa shape index (κ2) is 7.94. The van der Waals surface area contributed by atoms with Gasteiger partial charge in [-0.1, -0.05) is 31.5 Å². The van der Waals surface area contributed by atoms with E-state index in [-0.39, 0.29) is 11.8 Å². The summed E-state index contributed by atoms with van der Waals surface area (Å²) in [6, 6.07) is 16.2. The number of unbranched alkanes of at least 4 members (excludes halogenated alkanes) is 1. The van der Waals surface area contributed by atoms with Gasteiger partial charge in [0.05, 0.1) is 23.3 Å². The zero-order valence-corrected chi connectivity index (χ0v) is 16.8. The number of carbonyl (C=O) groups excluding carboxylic acids is 1. The van der Waals surface area contributed by atoms with E-state index in [1.165, 1.54) is 7.05 Å². The quantitative estimate of drug-likeness (QED) is 0.290. The largest absolute Gasteiger partial charge is 0.462 e. The van der Waals surface area contributed by atoms with E-state index in [9.17, 15) is 14.4 Å². The molecule has 0 fully saturated rings. The van der Waals surface area contributed by atoms with Crippen LogP contribution in [0.3, 0.4) is 0 Å². The van der Waals surface area contributed by atoms with Crippen molar-refractivity contribution in [2.45, 2.75) is 19.8 Å². The van der Waals surface area contributed by atoms with E-state index >= 15 is 0 Å². The highest BCUT2D eigenvalue weighted by molar-refractivity contribution is 5.90. The summed E-state index contributed by atoms with van der Waals surface area (Å²) in [6.07, 6.45) is 1.77. The summed E-state index contributed by atoms with van der Waals surface area (Å²) in [5, 5.41) is 0.839. The van der Waals surface area contributed by atoms with Crippen LogP contribution in [0.5, 0.6) is 0 Å². The third-order valence-electron chi connectivity index (χ3n) is 5.05. The van der Waals surface area contributed by atoms with Crippen LogP contribution in [0.1, 0.15) is 30.1 Å². The number of hydrogen-bond donors (Lipinski definition) is 0. The summed E-state index contributed by atoms with van der Waals surface area (Å²) in [5.41, 5.74) is 1.24. The Morgan fingerprint density at radius 3 is 2.53 bits per heavy atom. The lowest BCUT2D eigenvalue weighted by Crippen LogP contribution is -2.35. The molecule has 2 heterocycles. The Bertz CT molecular complexity index is 1320. The minimum absolute atomic E-state index is 0.278. The molecule has 0 N–H and O–H groups in total. The monoisotopic (exact) mass is 403 g/mol. The van der Waals surface area contributed by atoms with Gasteiger partial charge < -0.3 is 4.74 Å². The van der Waals surface area contributed by atoms with Crippen molar-refractivity contribution in [3.05, 3.63) is 81.0 Å². The molecule has 0 radical (unpaired) electrons. The Hall–Kier alpha value is -3.74. The van der Waals surface area contributed by atoms with Crippen LogP contribution in [0.4, 0.5) is 0 Å². The zero-order chi connectivity index (χ0) is 21.3. The van der Waals surface area contributed by atoms with Gasteiger partial charge >= 0.3 is 11.7 Å². The molecular weight excluding hydrogens is 382 g/mol. The van der Waals surface area contributed by atoms with Gasteiger partial charge in [0.1, 0.15) is 0 Å². The maximum absolute atomic E-state index is 12.7. The molecule has 0 amide bonds. The summed E-state index contributed by atoms with van der Waals surface area (Å²) >= 11 is 0. The van der Waals surface area contributed by atoms with Crippen LogP contribution in [0.25, 0.3) is 28.0 Å². The van der Waals surface area contributed by atoms with E-state index in [4.69, 9.17) is 4.74 Å². The molecule has 2 aliphatic heterocycles. The van der Waals surface area contributed by atoms with Crippen LogP contribution < -0.4 is 11.2 Å². The number of pyridine rings is 1. The van der Waals surface area contributed by atoms with Crippen molar-refractivity contribution < 1.29 is 9.53 Å². The predicted molar refractivity (Wildman–Crippen MR) is 114 cm³/mol. The number of fused-ring (bicyclic) bond motifs is 2. The molecule has 0 atom stereocenters. The van der Waals surface area contributed by atoms with Gasteiger partial charge in [0.15, 0.2) is 5.82 Å². The first kappa shape index (κ1) is 19.6. The maximum atomic E-state index is 12.7. The highest BCUT2D eigenvalue weighted by Gasteiger charge is 2.19. The molecule has 152 valence electrons. The summed E-state index contributed by atoms with van der Waals surface area (Å²) < 4.78 is 8.02. The second-order valence-corrected chi connectivity index (χ2v) is 7.07. The van der Waals surface area contributed by atoms with Crippen LogP contribution in [0.2, 0.25) is 0 Å². The smallest absolute Gasteiger partial charge is 0.352 e. The Morgan fingerprint density at radius 2 is 1.80 bits per heavy atom. The molecule has 0 saturated heterocycles. The number of rotatable bonds is 5. The summed E-state index contributed by atoms with van der Waals surface area (Å²) in [7, 11) is 1.41. The van der Waals surface area contributed by atoms with E-state index in [0.29, 0.717) is 23.4 Å². The molecule has 0 aromatic heterocycles. The van der Waals surface area contributed by atoms with Crippen LogP contribution in [-0.2, 0) is 11.8 Å². The van der Waals surface area contributed by atoms with Crippen molar-refractivity contribution in [1.29, 1.82) is 0 Å². The number of benzene rings is 2. The summed E-state index contributed by atoms with van der Waals surface area (Å²) in [4.78, 5) is 41.3. The molecule has 0 saturated carbocycles. The van der Waals surface area contributed by atoms with E-state index in [2.05, 4.69) is 4.98 Å². The van der Waals surface area contributed by atoms with E-state index in [1.807, 2.05) is 31.2 Å². The van der Waals surface area contributed by atoms with Gasteiger partial charge in [-0.2, -0.15) is 4.98 Å². The van der Waals surface area contributed by atoms with Gasteiger partial charge in [-0.3, -0.25) is 13.9 Å². The molecule has 2 aliphatic rings. The first-order valence-corrected chi connectivity index (χ1v) is 9.80. The second-order valence-electron chi connectivity index (χ2n) is 7.07. The molecule has 0 aliphatic carbocycles. The molecule has 0 unspecified atom stereocenters. The summed E-state index contributed by atoms with van der Waals surface area (Å²) in [6.45, 7) is 2.42. The van der Waals surface area contributed by atoms with E-state index in [0.717, 1.165) is 28.3 Å². The predicted octanol–water partition coefficient (Wildman–Crippen LogP) is 3.15. The van der Waals surface area contributed by atoms with Crippen LogP contribution >= 0.6 is 0 Å². The SMILES string of the molecule is CCCCOC(=O)c1ccc(-n2c3nc(=O)n(C)c(=O)c-3cc3ccccc32)cc1. The molecule has 7 nitrogen and oxygen atoms in total. The van der Waals surface area contributed by atoms with Crippen molar-refractivity contribution in [3.63, 3.8) is 0 Å². The average Bonchev–Trinajstić information content (AvgIpc) is 2.77. The Balaban J connectivity index is 1.88. The molecule has 7 heteroatoms. The van der Waals surface area contributed by atoms with Gasteiger partial charge in [-0.05, 0) is 48.2 Å². The molecule has 0 bridgehead atoms. The molecule has 0 spiro atoms. The van der Waals surface area contributed by atoms with Gasteiger partial charge in [0.2, 0.25) is 0 Å². The Kier molecular flexibility index (Phi) is 5.18. The summed E-state index contributed by atoms with van der Waals surface area (Å²) in [5.74, 6) is -0.100. The fraction of sp³-hybridized carbons (Fsp3) is 0.217. The Morgan fingerprint density at radius 1 is 1.07 bits per heavy atom. The number of carbonyl (C=O) groups is 1. The highest BCUT2D eigenvalue weighted by atomic mass is 16.5. The van der Waals surface area contributed by atoms with Crippen molar-refractivity contribution in [1.82, 2.24) is 14.1 Å². The van der Waals surface area contributed by atoms with Gasteiger partial charge in [-0.15, -0.1) is 0 Å². The number of para-hydroxylation sites is 1. The molecule has 2 aromatic rings. The molecule has 2 aromatic carbocycles. The van der Waals surface area contributed by atoms with Gasteiger partial charge in [-0.25, -0.2) is 9.59 Å². The van der Waals surface area contributed by atoms with Crippen molar-refractivity contribution >= 4 is 16.9 Å². The van der Waals surface area contributed by atoms with Crippen molar-refractivity contribution in [3.8, 4) is 17.1 Å². The number of hydrogen-bond acceptors (Lipinski definition) is 5. The minimum atomic E-state index is -0.618. The fourth-order valence-electron chi connectivity index (χ4n) is 3.37. The Labute approximate surface area is 172 Å². The standard InChI is InChI=1S/C23H21N3O4/c1-3-4-13-30-22(28)15-9-11-17(12-10-15)26-19-8-6-5-7-16(19)14-18-20(26)24-23(29)25(2)21(18)27/h5-12,14H,3-4,13H2,1-2H3. The van der Waals surface area contributed by atoms with E-state index < -0.39 is 11.2 Å². The first-order chi connectivity index (χ1) is 14.5. The van der Waals surface area contributed by atoms with Crippen molar-refractivity contribution in [2.75, 3.05) is 6.61 Å². The van der Waals surface area contributed by atoms with Crippen LogP contribution in [0, 0.1) is 0 Å².